The van der Waals surface area contributed by atoms with Crippen LogP contribution in [-0.2, 0) is 0 Å². The summed E-state index contributed by atoms with van der Waals surface area (Å²) in [5.41, 5.74) is 0.741. The van der Waals surface area contributed by atoms with Gasteiger partial charge in [0.2, 0.25) is 0 Å². The van der Waals surface area contributed by atoms with Crippen molar-refractivity contribution in [3.63, 3.8) is 0 Å². The molecule has 0 bridgehead atoms. The van der Waals surface area contributed by atoms with Gasteiger partial charge in [0.15, 0.2) is 0 Å². The molecule has 2 rings (SSSR count). The van der Waals surface area contributed by atoms with Crippen molar-refractivity contribution in [3.8, 4) is 0 Å². The first-order chi connectivity index (χ1) is 6.33. The first-order valence-corrected chi connectivity index (χ1v) is 6.77. The summed E-state index contributed by atoms with van der Waals surface area (Å²) in [5.74, 6) is 2.82. The predicted octanol–water partition coefficient (Wildman–Crippen LogP) is 2.91. The fourth-order valence-corrected chi connectivity index (χ4v) is 3.33. The molecule has 0 aromatic heterocycles. The molecule has 0 saturated carbocycles. The van der Waals surface area contributed by atoms with E-state index in [9.17, 15) is 0 Å². The standard InChI is InChI=1S/C7H13NS.C4H10/c1-3-8-5-7(1)2-4-9-6-7;1-3-4-2/h8H,1-6H2;3-4H2,1-2H3. The molecule has 2 fully saturated rings. The molecular formula is C11H23NS. The molecule has 2 aliphatic rings. The van der Waals surface area contributed by atoms with E-state index in [1.165, 1.54) is 50.3 Å². The monoisotopic (exact) mass is 201 g/mol. The number of thioether (sulfide) groups is 1. The van der Waals surface area contributed by atoms with E-state index in [0.717, 1.165) is 5.41 Å². The van der Waals surface area contributed by atoms with Gasteiger partial charge >= 0.3 is 0 Å². The maximum Gasteiger partial charge on any atom is 0.00165 e. The molecule has 2 aliphatic heterocycles. The van der Waals surface area contributed by atoms with Gasteiger partial charge in [-0.15, -0.1) is 0 Å². The summed E-state index contributed by atoms with van der Waals surface area (Å²) in [6.45, 7) is 6.92. The molecule has 1 atom stereocenters. The lowest BCUT2D eigenvalue weighted by atomic mass is 9.87. The third-order valence-electron chi connectivity index (χ3n) is 3.02. The summed E-state index contributed by atoms with van der Waals surface area (Å²) in [4.78, 5) is 0. The smallest absolute Gasteiger partial charge is 0.00165 e. The lowest BCUT2D eigenvalue weighted by molar-refractivity contribution is 0.379. The highest BCUT2D eigenvalue weighted by molar-refractivity contribution is 7.99. The van der Waals surface area contributed by atoms with Gasteiger partial charge in [-0.2, -0.15) is 11.8 Å². The van der Waals surface area contributed by atoms with Crippen LogP contribution in [0.5, 0.6) is 0 Å². The third kappa shape index (κ3) is 3.51. The largest absolute Gasteiger partial charge is 0.316 e. The third-order valence-corrected chi connectivity index (χ3v) is 4.33. The van der Waals surface area contributed by atoms with Gasteiger partial charge in [-0.1, -0.05) is 26.7 Å². The molecular weight excluding hydrogens is 178 g/mol. The highest BCUT2D eigenvalue weighted by Gasteiger charge is 2.36. The highest BCUT2D eigenvalue weighted by Crippen LogP contribution is 2.40. The molecule has 0 amide bonds. The Morgan fingerprint density at radius 1 is 1.23 bits per heavy atom. The first kappa shape index (κ1) is 11.4. The van der Waals surface area contributed by atoms with Crippen LogP contribution in [0, 0.1) is 5.41 Å². The van der Waals surface area contributed by atoms with Gasteiger partial charge in [-0.25, -0.2) is 0 Å². The Morgan fingerprint density at radius 3 is 2.38 bits per heavy atom. The Kier molecular flexibility index (Phi) is 5.18. The fraction of sp³-hybridized carbons (Fsp3) is 1.00. The van der Waals surface area contributed by atoms with E-state index in [1.807, 2.05) is 0 Å². The Bertz CT molecular complexity index is 105. The van der Waals surface area contributed by atoms with E-state index in [0.29, 0.717) is 0 Å². The van der Waals surface area contributed by atoms with Crippen LogP contribution in [0.1, 0.15) is 39.5 Å². The van der Waals surface area contributed by atoms with Crippen LogP contribution >= 0.6 is 11.8 Å². The number of nitrogens with one attached hydrogen (secondary N) is 1. The van der Waals surface area contributed by atoms with Crippen molar-refractivity contribution >= 4 is 11.8 Å². The van der Waals surface area contributed by atoms with Crippen LogP contribution in [0.15, 0.2) is 0 Å². The maximum absolute atomic E-state index is 3.44. The number of hydrogen-bond donors (Lipinski definition) is 1. The van der Waals surface area contributed by atoms with Crippen LogP contribution in [-0.4, -0.2) is 24.6 Å². The minimum Gasteiger partial charge on any atom is -0.316 e. The van der Waals surface area contributed by atoms with Gasteiger partial charge in [0, 0.05) is 12.3 Å². The van der Waals surface area contributed by atoms with E-state index in [1.54, 1.807) is 0 Å². The van der Waals surface area contributed by atoms with Gasteiger partial charge in [0.1, 0.15) is 0 Å². The second kappa shape index (κ2) is 5.92. The fourth-order valence-electron chi connectivity index (χ4n) is 1.78. The Morgan fingerprint density at radius 2 is 2.00 bits per heavy atom. The van der Waals surface area contributed by atoms with Crippen molar-refractivity contribution in [1.82, 2.24) is 5.32 Å². The molecule has 2 heterocycles. The Labute approximate surface area is 87.1 Å². The van der Waals surface area contributed by atoms with Crippen molar-refractivity contribution in [2.45, 2.75) is 39.5 Å². The van der Waals surface area contributed by atoms with E-state index >= 15 is 0 Å². The maximum atomic E-state index is 3.44. The van der Waals surface area contributed by atoms with Crippen molar-refractivity contribution < 1.29 is 0 Å². The van der Waals surface area contributed by atoms with Gasteiger partial charge in [-0.05, 0) is 30.6 Å². The molecule has 0 aliphatic carbocycles. The minimum atomic E-state index is 0.741. The number of rotatable bonds is 1. The zero-order valence-corrected chi connectivity index (χ0v) is 9.88. The van der Waals surface area contributed by atoms with Gasteiger partial charge in [-0.3, -0.25) is 0 Å². The SMILES string of the molecule is C1CC2(CCSC2)CN1.CCCC. The Hall–Kier alpha value is 0.310. The molecule has 2 saturated heterocycles. The highest BCUT2D eigenvalue weighted by atomic mass is 32.2. The summed E-state index contributed by atoms with van der Waals surface area (Å²) in [7, 11) is 0. The molecule has 2 heteroatoms. The van der Waals surface area contributed by atoms with Crippen LogP contribution in [0.4, 0.5) is 0 Å². The zero-order valence-electron chi connectivity index (χ0n) is 9.07. The molecule has 0 radical (unpaired) electrons. The van der Waals surface area contributed by atoms with Crippen molar-refractivity contribution in [2.24, 2.45) is 5.41 Å². The molecule has 78 valence electrons. The normalized spacial score (nSPS) is 31.8. The second-order valence-corrected chi connectivity index (χ2v) is 5.33. The van der Waals surface area contributed by atoms with Crippen LogP contribution in [0.2, 0.25) is 0 Å². The number of hydrogen-bond acceptors (Lipinski definition) is 2. The van der Waals surface area contributed by atoms with Gasteiger partial charge < -0.3 is 5.32 Å². The molecule has 1 unspecified atom stereocenters. The van der Waals surface area contributed by atoms with Gasteiger partial charge in [0.05, 0.1) is 0 Å². The van der Waals surface area contributed by atoms with Gasteiger partial charge in [0.25, 0.3) is 0 Å². The lowest BCUT2D eigenvalue weighted by Crippen LogP contribution is -2.22. The summed E-state index contributed by atoms with van der Waals surface area (Å²) in [5, 5.41) is 3.44. The number of unbranched alkanes of at least 4 members (excludes halogenated alkanes) is 1. The summed E-state index contributed by atoms with van der Waals surface area (Å²) in [6, 6.07) is 0. The quantitative estimate of drug-likeness (QED) is 0.700. The molecule has 13 heavy (non-hydrogen) atoms. The van der Waals surface area contributed by atoms with Crippen LogP contribution in [0.25, 0.3) is 0 Å². The molecule has 1 spiro atoms. The first-order valence-electron chi connectivity index (χ1n) is 5.61. The minimum absolute atomic E-state index is 0.741. The zero-order chi connectivity index (χ0) is 9.57. The molecule has 1 N–H and O–H groups in total. The average Bonchev–Trinajstić information content (AvgIpc) is 2.80. The topological polar surface area (TPSA) is 12.0 Å². The second-order valence-electron chi connectivity index (χ2n) is 4.23. The molecule has 1 nitrogen and oxygen atoms in total. The van der Waals surface area contributed by atoms with E-state index in [-0.39, 0.29) is 0 Å². The van der Waals surface area contributed by atoms with E-state index in [4.69, 9.17) is 0 Å². The van der Waals surface area contributed by atoms with E-state index < -0.39 is 0 Å². The Balaban J connectivity index is 0.000000184. The summed E-state index contributed by atoms with van der Waals surface area (Å²) in [6.07, 6.45) is 5.53. The average molecular weight is 201 g/mol. The van der Waals surface area contributed by atoms with Crippen molar-refractivity contribution in [2.75, 3.05) is 24.6 Å². The predicted molar refractivity (Wildman–Crippen MR) is 62.4 cm³/mol. The van der Waals surface area contributed by atoms with Crippen molar-refractivity contribution in [3.05, 3.63) is 0 Å². The van der Waals surface area contributed by atoms with Crippen LogP contribution in [0.3, 0.4) is 0 Å². The molecule has 0 aromatic carbocycles. The summed E-state index contributed by atoms with van der Waals surface area (Å²) >= 11 is 2.13. The van der Waals surface area contributed by atoms with Crippen LogP contribution < -0.4 is 5.32 Å². The summed E-state index contributed by atoms with van der Waals surface area (Å²) < 4.78 is 0. The van der Waals surface area contributed by atoms with Crippen molar-refractivity contribution in [1.29, 1.82) is 0 Å². The van der Waals surface area contributed by atoms with E-state index in [2.05, 4.69) is 30.9 Å². The molecule has 0 aromatic rings. The lowest BCUT2D eigenvalue weighted by Gasteiger charge is -2.18.